The highest BCUT2D eigenvalue weighted by atomic mass is 19.1. The molecule has 0 fully saturated rings. The molecule has 154 valence electrons. The molecule has 2 amide bonds. The fourth-order valence-electron chi connectivity index (χ4n) is 3.02. The molecule has 0 radical (unpaired) electrons. The van der Waals surface area contributed by atoms with Crippen molar-refractivity contribution in [1.29, 1.82) is 0 Å². The molecule has 0 aliphatic rings. The lowest BCUT2D eigenvalue weighted by Gasteiger charge is -2.14. The van der Waals surface area contributed by atoms with Gasteiger partial charge in [-0.2, -0.15) is 0 Å². The van der Waals surface area contributed by atoms with Crippen molar-refractivity contribution >= 4 is 17.5 Å². The van der Waals surface area contributed by atoms with Crippen LogP contribution in [-0.4, -0.2) is 18.4 Å². The normalized spacial score (nSPS) is 10.5. The monoisotopic (exact) mass is 412 g/mol. The summed E-state index contributed by atoms with van der Waals surface area (Å²) in [6, 6.07) is 13.6. The van der Waals surface area contributed by atoms with Gasteiger partial charge in [-0.3, -0.25) is 9.59 Å². The zero-order chi connectivity index (χ0) is 21.7. The van der Waals surface area contributed by atoms with E-state index in [2.05, 4.69) is 10.6 Å². The van der Waals surface area contributed by atoms with Crippen LogP contribution >= 0.6 is 0 Å². The minimum absolute atomic E-state index is 0.135. The van der Waals surface area contributed by atoms with E-state index in [0.29, 0.717) is 11.1 Å². The van der Waals surface area contributed by atoms with Crippen molar-refractivity contribution in [3.05, 3.63) is 100 Å². The summed E-state index contributed by atoms with van der Waals surface area (Å²) in [7, 11) is 0. The molecule has 0 heterocycles. The number of hydrogen-bond acceptors (Lipinski definition) is 2. The van der Waals surface area contributed by atoms with Crippen molar-refractivity contribution in [3.8, 4) is 0 Å². The van der Waals surface area contributed by atoms with E-state index in [1.165, 1.54) is 36.4 Å². The van der Waals surface area contributed by atoms with E-state index in [0.717, 1.165) is 6.07 Å². The van der Waals surface area contributed by atoms with Gasteiger partial charge in [-0.1, -0.05) is 24.3 Å². The number of carbonyl (C=O) groups is 2. The molecule has 0 aliphatic heterocycles. The number of carbonyl (C=O) groups excluding carboxylic acids is 2. The highest BCUT2D eigenvalue weighted by Gasteiger charge is 2.18. The summed E-state index contributed by atoms with van der Waals surface area (Å²) in [4.78, 5) is 25.1. The van der Waals surface area contributed by atoms with Crippen LogP contribution in [-0.2, 0) is 6.42 Å². The molecule has 0 bridgehead atoms. The lowest BCUT2D eigenvalue weighted by atomic mass is 10.1. The van der Waals surface area contributed by atoms with Gasteiger partial charge < -0.3 is 10.6 Å². The Hall–Kier alpha value is -3.61. The van der Waals surface area contributed by atoms with E-state index in [1.54, 1.807) is 25.1 Å². The fourth-order valence-corrected chi connectivity index (χ4v) is 3.02. The average molecular weight is 412 g/mol. The Bertz CT molecular complexity index is 1080. The highest BCUT2D eigenvalue weighted by molar-refractivity contribution is 6.09. The molecule has 0 aliphatic carbocycles. The van der Waals surface area contributed by atoms with E-state index in [-0.39, 0.29) is 29.8 Å². The lowest BCUT2D eigenvalue weighted by molar-refractivity contribution is 0.0955. The molecule has 7 heteroatoms. The quantitative estimate of drug-likeness (QED) is 0.620. The maximum Gasteiger partial charge on any atom is 0.258 e. The molecule has 3 rings (SSSR count). The van der Waals surface area contributed by atoms with Crippen LogP contribution in [0.4, 0.5) is 18.9 Å². The SMILES string of the molecule is Cc1cccc(C(=O)NCCc2cc(F)cc(F)c2)c1NC(=O)c1ccccc1F. The van der Waals surface area contributed by atoms with Gasteiger partial charge in [0.15, 0.2) is 0 Å². The van der Waals surface area contributed by atoms with Crippen LogP contribution in [0.5, 0.6) is 0 Å². The molecule has 3 aromatic carbocycles. The van der Waals surface area contributed by atoms with Crippen molar-refractivity contribution in [2.24, 2.45) is 0 Å². The number of halogens is 3. The molecular weight excluding hydrogens is 393 g/mol. The summed E-state index contributed by atoms with van der Waals surface area (Å²) in [6.07, 6.45) is 0.225. The minimum Gasteiger partial charge on any atom is -0.352 e. The average Bonchev–Trinajstić information content (AvgIpc) is 2.69. The van der Waals surface area contributed by atoms with Crippen molar-refractivity contribution < 1.29 is 22.8 Å². The third-order valence-corrected chi connectivity index (χ3v) is 4.50. The Morgan fingerprint density at radius 3 is 2.20 bits per heavy atom. The van der Waals surface area contributed by atoms with Crippen LogP contribution in [0.3, 0.4) is 0 Å². The van der Waals surface area contributed by atoms with Crippen LogP contribution in [0, 0.1) is 24.4 Å². The Labute approximate surface area is 171 Å². The van der Waals surface area contributed by atoms with Gasteiger partial charge in [0.05, 0.1) is 16.8 Å². The summed E-state index contributed by atoms with van der Waals surface area (Å²) in [5, 5.41) is 5.27. The zero-order valence-corrected chi connectivity index (χ0v) is 16.1. The molecular formula is C23H19F3N2O2. The second-order valence-corrected chi connectivity index (χ2v) is 6.72. The third-order valence-electron chi connectivity index (χ3n) is 4.50. The standard InChI is InChI=1S/C23H19F3N2O2/c1-14-5-4-7-19(21(14)28-23(30)18-6-2-3-8-20(18)26)22(29)27-10-9-15-11-16(24)13-17(25)12-15/h2-8,11-13H,9-10H2,1H3,(H,27,29)(H,28,30). The van der Waals surface area contributed by atoms with Crippen LogP contribution in [0.25, 0.3) is 0 Å². The number of amides is 2. The fraction of sp³-hybridized carbons (Fsp3) is 0.130. The minimum atomic E-state index is -0.687. The largest absolute Gasteiger partial charge is 0.352 e. The first-order chi connectivity index (χ1) is 14.3. The molecule has 0 saturated carbocycles. The Kier molecular flexibility index (Phi) is 6.51. The predicted molar refractivity (Wildman–Crippen MR) is 108 cm³/mol. The number of aryl methyl sites for hydroxylation is 1. The Balaban J connectivity index is 1.72. The third kappa shape index (κ3) is 5.05. The van der Waals surface area contributed by atoms with E-state index in [1.807, 2.05) is 0 Å². The number of para-hydroxylation sites is 1. The van der Waals surface area contributed by atoms with Crippen molar-refractivity contribution in [3.63, 3.8) is 0 Å². The maximum atomic E-state index is 13.9. The molecule has 3 aromatic rings. The topological polar surface area (TPSA) is 58.2 Å². The molecule has 0 atom stereocenters. The molecule has 0 aromatic heterocycles. The summed E-state index contributed by atoms with van der Waals surface area (Å²) < 4.78 is 40.4. The van der Waals surface area contributed by atoms with Gasteiger partial charge in [0.25, 0.3) is 11.8 Å². The van der Waals surface area contributed by atoms with Crippen LogP contribution < -0.4 is 10.6 Å². The maximum absolute atomic E-state index is 13.9. The van der Waals surface area contributed by atoms with Gasteiger partial charge in [0, 0.05) is 12.6 Å². The van der Waals surface area contributed by atoms with Crippen LogP contribution in [0.15, 0.2) is 60.7 Å². The molecule has 0 saturated heterocycles. The zero-order valence-electron chi connectivity index (χ0n) is 16.1. The van der Waals surface area contributed by atoms with E-state index in [4.69, 9.17) is 0 Å². The number of nitrogens with one attached hydrogen (secondary N) is 2. The number of hydrogen-bond donors (Lipinski definition) is 2. The van der Waals surface area contributed by atoms with Crippen molar-refractivity contribution in [2.75, 3.05) is 11.9 Å². The number of anilines is 1. The van der Waals surface area contributed by atoms with Gasteiger partial charge in [0.2, 0.25) is 0 Å². The van der Waals surface area contributed by atoms with Crippen molar-refractivity contribution in [2.45, 2.75) is 13.3 Å². The molecule has 2 N–H and O–H groups in total. The number of benzene rings is 3. The summed E-state index contributed by atoms with van der Waals surface area (Å²) in [5.41, 5.74) is 1.36. The van der Waals surface area contributed by atoms with E-state index >= 15 is 0 Å². The van der Waals surface area contributed by atoms with Gasteiger partial charge >= 0.3 is 0 Å². The Morgan fingerprint density at radius 2 is 1.50 bits per heavy atom. The Morgan fingerprint density at radius 1 is 0.833 bits per heavy atom. The van der Waals surface area contributed by atoms with Crippen LogP contribution in [0.1, 0.15) is 31.8 Å². The first kappa shape index (κ1) is 21.1. The predicted octanol–water partition coefficient (Wildman–Crippen LogP) is 4.64. The summed E-state index contributed by atoms with van der Waals surface area (Å²) in [6.45, 7) is 1.85. The molecule has 0 spiro atoms. The van der Waals surface area contributed by atoms with Crippen LogP contribution in [0.2, 0.25) is 0 Å². The molecule has 4 nitrogen and oxygen atoms in total. The lowest BCUT2D eigenvalue weighted by Crippen LogP contribution is -2.27. The van der Waals surface area contributed by atoms with Gasteiger partial charge in [-0.05, 0) is 54.8 Å². The summed E-state index contributed by atoms with van der Waals surface area (Å²) in [5.74, 6) is -3.19. The van der Waals surface area contributed by atoms with Crippen molar-refractivity contribution in [1.82, 2.24) is 5.32 Å². The van der Waals surface area contributed by atoms with Gasteiger partial charge in [-0.25, -0.2) is 13.2 Å². The second kappa shape index (κ2) is 9.26. The molecule has 0 unspecified atom stereocenters. The number of rotatable bonds is 6. The first-order valence-corrected chi connectivity index (χ1v) is 9.24. The smallest absolute Gasteiger partial charge is 0.258 e. The second-order valence-electron chi connectivity index (χ2n) is 6.72. The summed E-state index contributed by atoms with van der Waals surface area (Å²) >= 11 is 0. The van der Waals surface area contributed by atoms with Gasteiger partial charge in [-0.15, -0.1) is 0 Å². The van der Waals surface area contributed by atoms with E-state index in [9.17, 15) is 22.8 Å². The van der Waals surface area contributed by atoms with Gasteiger partial charge in [0.1, 0.15) is 17.5 Å². The molecule has 30 heavy (non-hydrogen) atoms. The van der Waals surface area contributed by atoms with E-state index < -0.39 is 29.3 Å². The first-order valence-electron chi connectivity index (χ1n) is 9.24. The highest BCUT2D eigenvalue weighted by Crippen LogP contribution is 2.22.